The van der Waals surface area contributed by atoms with Gasteiger partial charge in [-0.15, -0.1) is 11.6 Å². The Morgan fingerprint density at radius 3 is 2.70 bits per heavy atom. The summed E-state index contributed by atoms with van der Waals surface area (Å²) in [5, 5.41) is 0. The van der Waals surface area contributed by atoms with Gasteiger partial charge in [-0.25, -0.2) is 9.37 Å². The maximum atomic E-state index is 13.7. The van der Waals surface area contributed by atoms with Gasteiger partial charge in [-0.2, -0.15) is 0 Å². The predicted molar refractivity (Wildman–Crippen MR) is 78.9 cm³/mol. The molecule has 4 nitrogen and oxygen atoms in total. The normalized spacial score (nSPS) is 13.2. The van der Waals surface area contributed by atoms with Crippen molar-refractivity contribution in [3.63, 3.8) is 0 Å². The molecular formula is C14H19ClFN3O. The van der Waals surface area contributed by atoms with Crippen molar-refractivity contribution < 1.29 is 9.13 Å². The van der Waals surface area contributed by atoms with E-state index in [0.717, 1.165) is 17.9 Å². The molecule has 1 atom stereocenters. The van der Waals surface area contributed by atoms with E-state index >= 15 is 0 Å². The highest BCUT2D eigenvalue weighted by Gasteiger charge is 2.16. The number of rotatable bonds is 5. The zero-order valence-corrected chi connectivity index (χ0v) is 12.9. The van der Waals surface area contributed by atoms with Crippen LogP contribution in [0.4, 0.5) is 4.39 Å². The van der Waals surface area contributed by atoms with E-state index in [9.17, 15) is 4.39 Å². The summed E-state index contributed by atoms with van der Waals surface area (Å²) in [6.45, 7) is 2.85. The number of hydrogen-bond donors (Lipinski definition) is 0. The van der Waals surface area contributed by atoms with E-state index in [4.69, 9.17) is 16.3 Å². The minimum atomic E-state index is -0.411. The molecule has 0 radical (unpaired) electrons. The van der Waals surface area contributed by atoms with Crippen LogP contribution in [-0.4, -0.2) is 41.7 Å². The van der Waals surface area contributed by atoms with Crippen LogP contribution in [0.2, 0.25) is 0 Å². The Morgan fingerprint density at radius 2 is 2.15 bits per heavy atom. The third-order valence-electron chi connectivity index (χ3n) is 3.55. The summed E-state index contributed by atoms with van der Waals surface area (Å²) in [5.74, 6) is 0.838. The minimum Gasteiger partial charge on any atom is -0.494 e. The standard InChI is InChI=1S/C14H19ClFN3O/c1-9(18(2)3)8-19-12-6-13(20-4)10(16)5-11(12)17-14(19)7-15/h5-6,9H,7-8H2,1-4H3. The first-order valence-electron chi connectivity index (χ1n) is 6.43. The second-order valence-electron chi connectivity index (χ2n) is 5.06. The Morgan fingerprint density at radius 1 is 1.45 bits per heavy atom. The second-order valence-corrected chi connectivity index (χ2v) is 5.33. The van der Waals surface area contributed by atoms with Crippen molar-refractivity contribution in [1.82, 2.24) is 14.5 Å². The van der Waals surface area contributed by atoms with Gasteiger partial charge in [0, 0.05) is 24.7 Å². The van der Waals surface area contributed by atoms with Crippen molar-refractivity contribution in [2.45, 2.75) is 25.4 Å². The van der Waals surface area contributed by atoms with Crippen molar-refractivity contribution in [2.24, 2.45) is 0 Å². The molecule has 0 saturated carbocycles. The number of halogens is 2. The fraction of sp³-hybridized carbons (Fsp3) is 0.500. The molecular weight excluding hydrogens is 281 g/mol. The average Bonchev–Trinajstić information content (AvgIpc) is 2.74. The van der Waals surface area contributed by atoms with Gasteiger partial charge in [-0.05, 0) is 21.0 Å². The SMILES string of the molecule is COc1cc2c(cc1F)nc(CCl)n2CC(C)N(C)C. The summed E-state index contributed by atoms with van der Waals surface area (Å²) in [6, 6.07) is 3.38. The lowest BCUT2D eigenvalue weighted by Crippen LogP contribution is -2.29. The molecule has 20 heavy (non-hydrogen) atoms. The van der Waals surface area contributed by atoms with Gasteiger partial charge in [-0.3, -0.25) is 0 Å². The molecule has 0 aliphatic heterocycles. The molecule has 0 fully saturated rings. The molecule has 2 aromatic rings. The van der Waals surface area contributed by atoms with Gasteiger partial charge in [0.15, 0.2) is 11.6 Å². The van der Waals surface area contributed by atoms with Gasteiger partial charge in [0.05, 0.1) is 24.0 Å². The summed E-state index contributed by atoms with van der Waals surface area (Å²) in [4.78, 5) is 6.51. The number of methoxy groups -OCH3 is 1. The number of ether oxygens (including phenoxy) is 1. The molecule has 0 amide bonds. The van der Waals surface area contributed by atoms with Crippen LogP contribution in [0.1, 0.15) is 12.7 Å². The van der Waals surface area contributed by atoms with E-state index in [1.54, 1.807) is 6.07 Å². The van der Waals surface area contributed by atoms with Gasteiger partial charge in [-0.1, -0.05) is 0 Å². The topological polar surface area (TPSA) is 30.3 Å². The predicted octanol–water partition coefficient (Wildman–Crippen LogP) is 2.87. The number of likely N-dealkylation sites (N-methyl/N-ethyl adjacent to an activating group) is 1. The van der Waals surface area contributed by atoms with Crippen LogP contribution in [0.25, 0.3) is 11.0 Å². The lowest BCUT2D eigenvalue weighted by molar-refractivity contribution is 0.284. The van der Waals surface area contributed by atoms with Crippen molar-refractivity contribution >= 4 is 22.6 Å². The molecule has 0 N–H and O–H groups in total. The Balaban J connectivity index is 2.55. The van der Waals surface area contributed by atoms with Crippen molar-refractivity contribution in [3.8, 4) is 5.75 Å². The molecule has 1 unspecified atom stereocenters. The molecule has 1 aromatic heterocycles. The first kappa shape index (κ1) is 15.1. The van der Waals surface area contributed by atoms with Gasteiger partial charge in [0.1, 0.15) is 5.82 Å². The number of alkyl halides is 1. The molecule has 1 aromatic carbocycles. The maximum absolute atomic E-state index is 13.7. The van der Waals surface area contributed by atoms with Crippen LogP contribution < -0.4 is 4.74 Å². The molecule has 0 aliphatic rings. The molecule has 2 rings (SSSR count). The first-order chi connectivity index (χ1) is 9.47. The Bertz CT molecular complexity index is 612. The second kappa shape index (κ2) is 5.97. The van der Waals surface area contributed by atoms with E-state index < -0.39 is 5.82 Å². The van der Waals surface area contributed by atoms with Gasteiger partial charge >= 0.3 is 0 Å². The third kappa shape index (κ3) is 2.74. The summed E-state index contributed by atoms with van der Waals surface area (Å²) in [5.41, 5.74) is 1.44. The highest BCUT2D eigenvalue weighted by atomic mass is 35.5. The van der Waals surface area contributed by atoms with Crippen LogP contribution >= 0.6 is 11.6 Å². The van der Waals surface area contributed by atoms with E-state index in [0.29, 0.717) is 17.4 Å². The molecule has 6 heteroatoms. The summed E-state index contributed by atoms with van der Waals surface area (Å²) < 4.78 is 20.8. The number of hydrogen-bond acceptors (Lipinski definition) is 3. The largest absolute Gasteiger partial charge is 0.494 e. The molecule has 0 aliphatic carbocycles. The molecule has 0 spiro atoms. The zero-order valence-electron chi connectivity index (χ0n) is 12.2. The summed E-state index contributed by atoms with van der Waals surface area (Å²) in [7, 11) is 5.49. The van der Waals surface area contributed by atoms with Crippen molar-refractivity contribution in [2.75, 3.05) is 21.2 Å². The van der Waals surface area contributed by atoms with Crippen molar-refractivity contribution in [1.29, 1.82) is 0 Å². The zero-order chi connectivity index (χ0) is 14.9. The first-order valence-corrected chi connectivity index (χ1v) is 6.96. The van der Waals surface area contributed by atoms with E-state index in [1.807, 2.05) is 18.7 Å². The van der Waals surface area contributed by atoms with Crippen LogP contribution in [0.5, 0.6) is 5.75 Å². The summed E-state index contributed by atoms with van der Waals surface area (Å²) in [6.07, 6.45) is 0. The molecule has 0 bridgehead atoms. The van der Waals surface area contributed by atoms with E-state index in [1.165, 1.54) is 13.2 Å². The number of imidazole rings is 1. The van der Waals surface area contributed by atoms with Gasteiger partial charge < -0.3 is 14.2 Å². The maximum Gasteiger partial charge on any atom is 0.167 e. The summed E-state index contributed by atoms with van der Waals surface area (Å²) >= 11 is 5.96. The highest BCUT2D eigenvalue weighted by Crippen LogP contribution is 2.26. The average molecular weight is 300 g/mol. The van der Waals surface area contributed by atoms with Crippen molar-refractivity contribution in [3.05, 3.63) is 23.8 Å². The van der Waals surface area contributed by atoms with E-state index in [2.05, 4.69) is 16.8 Å². The smallest absolute Gasteiger partial charge is 0.167 e. The molecule has 1 heterocycles. The number of nitrogens with zero attached hydrogens (tertiary/aromatic N) is 3. The van der Waals surface area contributed by atoms with Crippen LogP contribution in [0.3, 0.4) is 0 Å². The number of aromatic nitrogens is 2. The highest BCUT2D eigenvalue weighted by molar-refractivity contribution is 6.16. The Kier molecular flexibility index (Phi) is 4.50. The van der Waals surface area contributed by atoms with Crippen LogP contribution in [-0.2, 0) is 12.4 Å². The molecule has 0 saturated heterocycles. The Hall–Kier alpha value is -1.33. The Labute approximate surface area is 123 Å². The lowest BCUT2D eigenvalue weighted by atomic mass is 10.2. The van der Waals surface area contributed by atoms with Gasteiger partial charge in [0.25, 0.3) is 0 Å². The van der Waals surface area contributed by atoms with Crippen LogP contribution in [0.15, 0.2) is 12.1 Å². The quantitative estimate of drug-likeness (QED) is 0.795. The third-order valence-corrected chi connectivity index (χ3v) is 3.79. The monoisotopic (exact) mass is 299 g/mol. The van der Waals surface area contributed by atoms with E-state index in [-0.39, 0.29) is 5.75 Å². The fourth-order valence-corrected chi connectivity index (χ4v) is 2.27. The van der Waals surface area contributed by atoms with Gasteiger partial charge in [0.2, 0.25) is 0 Å². The fourth-order valence-electron chi connectivity index (χ4n) is 2.07. The van der Waals surface area contributed by atoms with Crippen LogP contribution in [0, 0.1) is 5.82 Å². The molecule has 110 valence electrons. The minimum absolute atomic E-state index is 0.220. The lowest BCUT2D eigenvalue weighted by Gasteiger charge is -2.21. The number of fused-ring (bicyclic) bond motifs is 1. The number of benzene rings is 1.